The minimum Gasteiger partial charge on any atom is -0.478 e. The number of pyridine rings is 1. The molecule has 0 saturated carbocycles. The molecule has 0 amide bonds. The number of halogens is 3. The Bertz CT molecular complexity index is 1420. The summed E-state index contributed by atoms with van der Waals surface area (Å²) < 4.78 is 48.8. The van der Waals surface area contributed by atoms with Gasteiger partial charge in [0.2, 0.25) is 0 Å². The summed E-state index contributed by atoms with van der Waals surface area (Å²) in [6.07, 6.45) is -1.23. The quantitative estimate of drug-likeness (QED) is 0.195. The molecule has 0 aliphatic carbocycles. The van der Waals surface area contributed by atoms with Crippen molar-refractivity contribution in [3.05, 3.63) is 65.5 Å². The molecular weight excluding hydrogens is 487 g/mol. The van der Waals surface area contributed by atoms with Gasteiger partial charge in [0.25, 0.3) is 0 Å². The molecular formula is C26H28F3N3O3Si. The number of hydrogen-bond acceptors (Lipinski definition) is 3. The highest BCUT2D eigenvalue weighted by atomic mass is 28.3. The fraction of sp³-hybridized carbons (Fsp3) is 0.308. The first-order chi connectivity index (χ1) is 16.9. The van der Waals surface area contributed by atoms with Crippen LogP contribution in [0.5, 0.6) is 0 Å². The molecule has 3 heterocycles. The maximum atomic E-state index is 13.7. The van der Waals surface area contributed by atoms with E-state index in [0.717, 1.165) is 17.5 Å². The van der Waals surface area contributed by atoms with Crippen LogP contribution in [0.2, 0.25) is 25.7 Å². The Morgan fingerprint density at radius 3 is 2.58 bits per heavy atom. The Kier molecular flexibility index (Phi) is 6.85. The smallest absolute Gasteiger partial charge is 0.416 e. The van der Waals surface area contributed by atoms with Crippen LogP contribution in [0.1, 0.15) is 21.5 Å². The molecule has 0 fully saturated rings. The average Bonchev–Trinajstić information content (AvgIpc) is 3.40. The number of ether oxygens (including phenoxy) is 1. The van der Waals surface area contributed by atoms with Crippen molar-refractivity contribution in [1.82, 2.24) is 14.5 Å². The number of benzene rings is 1. The Hall–Kier alpha value is -3.37. The van der Waals surface area contributed by atoms with Crippen LogP contribution in [0.4, 0.5) is 13.2 Å². The van der Waals surface area contributed by atoms with Gasteiger partial charge in [-0.05, 0) is 42.8 Å². The summed E-state index contributed by atoms with van der Waals surface area (Å²) in [6, 6.07) is 9.81. The average molecular weight is 516 g/mol. The van der Waals surface area contributed by atoms with Gasteiger partial charge < -0.3 is 19.4 Å². The molecule has 0 aliphatic rings. The third-order valence-electron chi connectivity index (χ3n) is 6.17. The lowest BCUT2D eigenvalue weighted by atomic mass is 9.97. The normalized spacial score (nSPS) is 12.4. The zero-order valence-corrected chi connectivity index (χ0v) is 21.5. The fourth-order valence-electron chi connectivity index (χ4n) is 4.28. The zero-order valence-electron chi connectivity index (χ0n) is 20.5. The monoisotopic (exact) mass is 515 g/mol. The van der Waals surface area contributed by atoms with Crippen molar-refractivity contribution in [1.29, 1.82) is 0 Å². The molecule has 3 aromatic heterocycles. The molecule has 0 bridgehead atoms. The molecule has 36 heavy (non-hydrogen) atoms. The van der Waals surface area contributed by atoms with Crippen LogP contribution < -0.4 is 0 Å². The van der Waals surface area contributed by atoms with Crippen molar-refractivity contribution in [3.8, 4) is 22.5 Å². The van der Waals surface area contributed by atoms with Gasteiger partial charge in [-0.1, -0.05) is 31.8 Å². The molecule has 4 rings (SSSR count). The summed E-state index contributed by atoms with van der Waals surface area (Å²) in [7, 11) is -1.39. The van der Waals surface area contributed by atoms with Gasteiger partial charge in [-0.3, -0.25) is 0 Å². The second kappa shape index (κ2) is 9.59. The van der Waals surface area contributed by atoms with Crippen molar-refractivity contribution >= 4 is 25.1 Å². The minimum atomic E-state index is -4.57. The molecule has 0 aliphatic heterocycles. The van der Waals surface area contributed by atoms with E-state index in [9.17, 15) is 23.1 Å². The molecule has 6 nitrogen and oxygen atoms in total. The Balaban J connectivity index is 1.95. The molecule has 0 unspecified atom stereocenters. The maximum Gasteiger partial charge on any atom is 0.416 e. The number of aromatic carboxylic acids is 1. The molecule has 4 aromatic rings. The summed E-state index contributed by atoms with van der Waals surface area (Å²) in [4.78, 5) is 19.7. The number of carbonyl (C=O) groups is 1. The molecule has 2 N–H and O–H groups in total. The molecule has 10 heteroatoms. The van der Waals surface area contributed by atoms with E-state index in [-0.39, 0.29) is 29.1 Å². The number of rotatable bonds is 8. The van der Waals surface area contributed by atoms with Gasteiger partial charge in [-0.2, -0.15) is 13.2 Å². The van der Waals surface area contributed by atoms with Gasteiger partial charge >= 0.3 is 12.1 Å². The highest BCUT2D eigenvalue weighted by Crippen LogP contribution is 2.40. The molecule has 190 valence electrons. The van der Waals surface area contributed by atoms with Crippen LogP contribution in [-0.4, -0.2) is 40.3 Å². The van der Waals surface area contributed by atoms with Gasteiger partial charge in [-0.25, -0.2) is 9.78 Å². The van der Waals surface area contributed by atoms with Crippen molar-refractivity contribution in [3.63, 3.8) is 0 Å². The summed E-state index contributed by atoms with van der Waals surface area (Å²) in [5.41, 5.74) is 1.28. The lowest BCUT2D eigenvalue weighted by Crippen LogP contribution is -2.22. The molecule has 0 saturated heterocycles. The largest absolute Gasteiger partial charge is 0.478 e. The fourth-order valence-corrected chi connectivity index (χ4v) is 5.03. The summed E-state index contributed by atoms with van der Waals surface area (Å²) in [5.74, 6) is -1.23. The third-order valence-corrected chi connectivity index (χ3v) is 7.88. The first kappa shape index (κ1) is 25.7. The van der Waals surface area contributed by atoms with Crippen LogP contribution in [0.3, 0.4) is 0 Å². The van der Waals surface area contributed by atoms with Crippen LogP contribution in [0.25, 0.3) is 33.5 Å². The van der Waals surface area contributed by atoms with Crippen molar-refractivity contribution in [2.75, 3.05) is 6.61 Å². The number of aromatic nitrogens is 3. The highest BCUT2D eigenvalue weighted by molar-refractivity contribution is 6.76. The van der Waals surface area contributed by atoms with E-state index in [4.69, 9.17) is 4.74 Å². The number of alkyl halides is 3. The minimum absolute atomic E-state index is 0.00759. The number of aromatic amines is 1. The SMILES string of the molecule is Cc1c(-c2c(C(=O)O)cc(-c3ccnc4[nH]ccc34)n2COCC[Si](C)(C)C)cccc1C(F)(F)F. The molecule has 0 atom stereocenters. The second-order valence-corrected chi connectivity index (χ2v) is 15.6. The Morgan fingerprint density at radius 2 is 1.92 bits per heavy atom. The van der Waals surface area contributed by atoms with Crippen LogP contribution in [0, 0.1) is 6.92 Å². The predicted molar refractivity (Wildman–Crippen MR) is 136 cm³/mol. The third kappa shape index (κ3) is 5.10. The van der Waals surface area contributed by atoms with E-state index in [1.54, 1.807) is 23.0 Å². The molecule has 0 spiro atoms. The van der Waals surface area contributed by atoms with Gasteiger partial charge in [0.15, 0.2) is 0 Å². The number of fused-ring (bicyclic) bond motifs is 1. The number of carboxylic acids is 1. The Labute approximate surface area is 207 Å². The lowest BCUT2D eigenvalue weighted by Gasteiger charge is -2.20. The van der Waals surface area contributed by atoms with E-state index in [1.807, 2.05) is 6.07 Å². The number of nitrogens with one attached hydrogen (secondary N) is 1. The highest BCUT2D eigenvalue weighted by Gasteiger charge is 2.34. The van der Waals surface area contributed by atoms with Gasteiger partial charge in [0.05, 0.1) is 22.5 Å². The number of carboxylic acid groups (broad SMARTS) is 1. The van der Waals surface area contributed by atoms with Crippen LogP contribution >= 0.6 is 0 Å². The Morgan fingerprint density at radius 1 is 1.17 bits per heavy atom. The number of hydrogen-bond donors (Lipinski definition) is 2. The van der Waals surface area contributed by atoms with Crippen molar-refractivity contribution < 1.29 is 27.8 Å². The van der Waals surface area contributed by atoms with Gasteiger partial charge in [0.1, 0.15) is 12.4 Å². The second-order valence-electron chi connectivity index (χ2n) is 9.95. The lowest BCUT2D eigenvalue weighted by molar-refractivity contribution is -0.138. The van der Waals surface area contributed by atoms with Gasteiger partial charge in [-0.15, -0.1) is 0 Å². The topological polar surface area (TPSA) is 80.1 Å². The summed E-state index contributed by atoms with van der Waals surface area (Å²) in [6.45, 7) is 8.48. The van der Waals surface area contributed by atoms with Crippen LogP contribution in [-0.2, 0) is 17.6 Å². The predicted octanol–water partition coefficient (Wildman–Crippen LogP) is 7.04. The van der Waals surface area contributed by atoms with Crippen LogP contribution in [0.15, 0.2) is 48.8 Å². The number of nitrogens with zero attached hydrogens (tertiary/aromatic N) is 2. The summed E-state index contributed by atoms with van der Waals surface area (Å²) in [5, 5.41) is 10.9. The van der Waals surface area contributed by atoms with Gasteiger partial charge in [0, 0.05) is 43.6 Å². The maximum absolute atomic E-state index is 13.7. The van der Waals surface area contributed by atoms with E-state index in [1.165, 1.54) is 25.1 Å². The van der Waals surface area contributed by atoms with Crippen molar-refractivity contribution in [2.45, 2.75) is 45.5 Å². The van der Waals surface area contributed by atoms with E-state index < -0.39 is 25.8 Å². The molecule has 1 aromatic carbocycles. The molecule has 0 radical (unpaired) electrons. The first-order valence-corrected chi connectivity index (χ1v) is 15.2. The van der Waals surface area contributed by atoms with E-state index in [0.29, 0.717) is 23.5 Å². The summed E-state index contributed by atoms with van der Waals surface area (Å²) >= 11 is 0. The first-order valence-electron chi connectivity index (χ1n) is 11.5. The van der Waals surface area contributed by atoms with Crippen molar-refractivity contribution in [2.24, 2.45) is 0 Å². The number of H-pyrrole nitrogens is 1. The standard InChI is InChI=1S/C26H28F3N3O3Si/c1-16-17(6-5-7-21(16)26(27,28)29)23-20(25(33)34)14-22(32(23)15-35-12-13-36(2,3)4)18-8-10-30-24-19(18)9-11-31-24/h5-11,14H,12-13,15H2,1-4H3,(H,30,31)(H,33,34). The van der Waals surface area contributed by atoms with E-state index in [2.05, 4.69) is 29.6 Å². The van der Waals surface area contributed by atoms with E-state index >= 15 is 0 Å². The zero-order chi connectivity index (χ0) is 26.3.